The van der Waals surface area contributed by atoms with Crippen molar-refractivity contribution in [1.29, 1.82) is 0 Å². The van der Waals surface area contributed by atoms with Crippen molar-refractivity contribution in [3.63, 3.8) is 0 Å². The van der Waals surface area contributed by atoms with Gasteiger partial charge in [-0.25, -0.2) is 0 Å². The number of hydrogen-bond acceptors (Lipinski definition) is 4. The van der Waals surface area contributed by atoms with Gasteiger partial charge in [0, 0.05) is 28.6 Å². The van der Waals surface area contributed by atoms with Crippen LogP contribution in [0.1, 0.15) is 21.8 Å². The second-order valence-corrected chi connectivity index (χ2v) is 6.10. The number of fused-ring (bicyclic) bond motifs is 1. The third-order valence-electron chi connectivity index (χ3n) is 3.46. The van der Waals surface area contributed by atoms with E-state index in [0.717, 1.165) is 16.6 Å². The van der Waals surface area contributed by atoms with Gasteiger partial charge in [0.25, 0.3) is 5.91 Å². The van der Waals surface area contributed by atoms with Gasteiger partial charge in [0.15, 0.2) is 11.6 Å². The van der Waals surface area contributed by atoms with E-state index >= 15 is 0 Å². The molecule has 1 aromatic carbocycles. The highest BCUT2D eigenvalue weighted by Gasteiger charge is 2.19. The Labute approximate surface area is 138 Å². The molecule has 0 saturated heterocycles. The summed E-state index contributed by atoms with van der Waals surface area (Å²) in [6.45, 7) is 2.55. The molecule has 1 amide bonds. The smallest absolute Gasteiger partial charge is 0.292 e. The third kappa shape index (κ3) is 3.23. The van der Waals surface area contributed by atoms with Crippen molar-refractivity contribution in [2.45, 2.75) is 13.5 Å². The highest BCUT2D eigenvalue weighted by Crippen LogP contribution is 2.28. The van der Waals surface area contributed by atoms with E-state index in [0.29, 0.717) is 23.0 Å². The summed E-state index contributed by atoms with van der Waals surface area (Å²) >= 11 is 5.99. The van der Waals surface area contributed by atoms with Gasteiger partial charge in [0.2, 0.25) is 0 Å². The van der Waals surface area contributed by atoms with E-state index in [1.54, 1.807) is 24.3 Å². The number of aryl methyl sites for hydroxylation is 1. The van der Waals surface area contributed by atoms with Gasteiger partial charge in [-0.3, -0.25) is 9.89 Å². The fourth-order valence-corrected chi connectivity index (χ4v) is 2.60. The maximum atomic E-state index is 12.4. The lowest BCUT2D eigenvalue weighted by Crippen LogP contribution is -2.12. The molecule has 23 heavy (non-hydrogen) atoms. The van der Waals surface area contributed by atoms with Crippen molar-refractivity contribution in [1.82, 2.24) is 15.1 Å². The van der Waals surface area contributed by atoms with Gasteiger partial charge in [-0.2, -0.15) is 5.10 Å². The van der Waals surface area contributed by atoms with Crippen LogP contribution in [0.5, 0.6) is 0 Å². The number of H-pyrrole nitrogens is 1. The van der Waals surface area contributed by atoms with Crippen LogP contribution >= 0.6 is 11.6 Å². The molecule has 2 N–H and O–H groups in total. The van der Waals surface area contributed by atoms with Gasteiger partial charge in [-0.15, -0.1) is 0 Å². The maximum absolute atomic E-state index is 12.4. The lowest BCUT2D eigenvalue weighted by atomic mass is 10.1. The van der Waals surface area contributed by atoms with Crippen LogP contribution in [0.15, 0.2) is 28.7 Å². The van der Waals surface area contributed by atoms with E-state index in [9.17, 15) is 4.79 Å². The Bertz CT molecular complexity index is 866. The number of rotatable bonds is 4. The van der Waals surface area contributed by atoms with Crippen molar-refractivity contribution in [2.75, 3.05) is 19.4 Å². The lowest BCUT2D eigenvalue weighted by Gasteiger charge is -2.05. The zero-order valence-corrected chi connectivity index (χ0v) is 13.9. The molecule has 2 aromatic heterocycles. The van der Waals surface area contributed by atoms with Crippen molar-refractivity contribution >= 4 is 34.3 Å². The molecular weight excluding hydrogens is 316 g/mol. The minimum Gasteiger partial charge on any atom is -0.451 e. The monoisotopic (exact) mass is 332 g/mol. The van der Waals surface area contributed by atoms with Crippen molar-refractivity contribution in [2.24, 2.45) is 0 Å². The van der Waals surface area contributed by atoms with E-state index in [1.165, 1.54) is 0 Å². The molecule has 120 valence electrons. The summed E-state index contributed by atoms with van der Waals surface area (Å²) in [5, 5.41) is 11.2. The second kappa shape index (κ2) is 6.06. The summed E-state index contributed by atoms with van der Waals surface area (Å²) in [7, 11) is 3.92. The molecule has 2 heterocycles. The number of amides is 1. The summed E-state index contributed by atoms with van der Waals surface area (Å²) in [4.78, 5) is 14.4. The fourth-order valence-electron chi connectivity index (χ4n) is 2.43. The van der Waals surface area contributed by atoms with Gasteiger partial charge in [-0.05, 0) is 39.2 Å². The number of hydrogen-bond donors (Lipinski definition) is 2. The molecule has 0 fully saturated rings. The number of anilines is 1. The number of nitrogens with zero attached hydrogens (tertiary/aromatic N) is 2. The minimum atomic E-state index is -0.335. The number of benzene rings is 1. The van der Waals surface area contributed by atoms with Crippen LogP contribution < -0.4 is 5.32 Å². The predicted octanol–water partition coefficient (Wildman–Crippen LogP) is 3.43. The van der Waals surface area contributed by atoms with Crippen molar-refractivity contribution in [3.05, 3.63) is 46.3 Å². The molecule has 0 aliphatic rings. The second-order valence-electron chi connectivity index (χ2n) is 5.67. The zero-order valence-electron chi connectivity index (χ0n) is 13.1. The van der Waals surface area contributed by atoms with E-state index in [-0.39, 0.29) is 11.7 Å². The third-order valence-corrected chi connectivity index (χ3v) is 3.70. The minimum absolute atomic E-state index is 0.263. The largest absolute Gasteiger partial charge is 0.451 e. The standard InChI is InChI=1S/C16H17ClN4O2/c1-9-12-6-10(17)4-5-13(12)23-15(9)16(22)18-14-7-11(19-20-14)8-21(2)3/h4-7H,8H2,1-3H3,(H2,18,19,20,22). The summed E-state index contributed by atoms with van der Waals surface area (Å²) in [6.07, 6.45) is 0. The molecule has 0 atom stereocenters. The highest BCUT2D eigenvalue weighted by atomic mass is 35.5. The molecule has 6 nitrogen and oxygen atoms in total. The molecule has 0 aliphatic carbocycles. The average molecular weight is 333 g/mol. The topological polar surface area (TPSA) is 74.2 Å². The SMILES string of the molecule is Cc1c(C(=O)Nc2cc(CN(C)C)[nH]n2)oc2ccc(Cl)cc12. The molecular formula is C16H17ClN4O2. The molecule has 0 spiro atoms. The Hall–Kier alpha value is -2.31. The summed E-state index contributed by atoms with van der Waals surface area (Å²) in [5.74, 6) is 0.391. The lowest BCUT2D eigenvalue weighted by molar-refractivity contribution is 0.0997. The first-order valence-electron chi connectivity index (χ1n) is 7.13. The van der Waals surface area contributed by atoms with Crippen LogP contribution in [0.25, 0.3) is 11.0 Å². The fraction of sp³-hybridized carbons (Fsp3) is 0.250. The molecule has 0 aliphatic heterocycles. The number of furan rings is 1. The van der Waals surface area contributed by atoms with Gasteiger partial charge in [0.05, 0.1) is 5.69 Å². The Kier molecular flexibility index (Phi) is 4.11. The first kappa shape index (κ1) is 15.6. The number of nitrogens with one attached hydrogen (secondary N) is 2. The first-order valence-corrected chi connectivity index (χ1v) is 7.51. The van der Waals surface area contributed by atoms with E-state index < -0.39 is 0 Å². The molecule has 7 heteroatoms. The Morgan fingerprint density at radius 1 is 1.39 bits per heavy atom. The van der Waals surface area contributed by atoms with Crippen LogP contribution in [0.2, 0.25) is 5.02 Å². The normalized spacial score (nSPS) is 11.3. The van der Waals surface area contributed by atoms with E-state index in [4.69, 9.17) is 16.0 Å². The predicted molar refractivity (Wildman–Crippen MR) is 89.9 cm³/mol. The highest BCUT2D eigenvalue weighted by molar-refractivity contribution is 6.31. The van der Waals surface area contributed by atoms with Crippen LogP contribution in [0.3, 0.4) is 0 Å². The molecule has 0 radical (unpaired) electrons. The van der Waals surface area contributed by atoms with Crippen LogP contribution in [-0.2, 0) is 6.54 Å². The maximum Gasteiger partial charge on any atom is 0.292 e. The quantitative estimate of drug-likeness (QED) is 0.767. The van der Waals surface area contributed by atoms with Crippen molar-refractivity contribution in [3.8, 4) is 0 Å². The number of carbonyl (C=O) groups is 1. The molecule has 0 saturated carbocycles. The van der Waals surface area contributed by atoms with Crippen LogP contribution in [-0.4, -0.2) is 35.1 Å². The Balaban J connectivity index is 1.83. The number of aromatic nitrogens is 2. The molecule has 3 aromatic rings. The summed E-state index contributed by atoms with van der Waals surface area (Å²) in [5.41, 5.74) is 2.30. The number of carbonyl (C=O) groups excluding carboxylic acids is 1. The zero-order chi connectivity index (χ0) is 16.6. The van der Waals surface area contributed by atoms with E-state index in [1.807, 2.05) is 25.9 Å². The summed E-state index contributed by atoms with van der Waals surface area (Å²) in [6, 6.07) is 7.07. The Morgan fingerprint density at radius 3 is 2.91 bits per heavy atom. The van der Waals surface area contributed by atoms with Gasteiger partial charge < -0.3 is 14.6 Å². The van der Waals surface area contributed by atoms with Gasteiger partial charge in [-0.1, -0.05) is 11.6 Å². The van der Waals surface area contributed by atoms with Gasteiger partial charge in [0.1, 0.15) is 5.58 Å². The molecule has 0 unspecified atom stereocenters. The summed E-state index contributed by atoms with van der Waals surface area (Å²) < 4.78 is 5.64. The number of aromatic amines is 1. The number of halogens is 1. The molecule has 3 rings (SSSR count). The van der Waals surface area contributed by atoms with Crippen LogP contribution in [0, 0.1) is 6.92 Å². The van der Waals surface area contributed by atoms with Crippen molar-refractivity contribution < 1.29 is 9.21 Å². The van der Waals surface area contributed by atoms with Gasteiger partial charge >= 0.3 is 0 Å². The first-order chi connectivity index (χ1) is 10.9. The average Bonchev–Trinajstić information content (AvgIpc) is 3.03. The van der Waals surface area contributed by atoms with E-state index in [2.05, 4.69) is 15.5 Å². The van der Waals surface area contributed by atoms with Crippen LogP contribution in [0.4, 0.5) is 5.82 Å². The Morgan fingerprint density at radius 2 is 2.17 bits per heavy atom. The molecule has 0 bridgehead atoms.